The highest BCUT2D eigenvalue weighted by atomic mass is 16.5. The predicted octanol–water partition coefficient (Wildman–Crippen LogP) is 2.36. The van der Waals surface area contributed by atoms with Crippen LogP contribution in [0.2, 0.25) is 0 Å². The summed E-state index contributed by atoms with van der Waals surface area (Å²) in [6.07, 6.45) is 6.04. The number of rotatable bonds is 5. The molecular formula is C25H39N5O2. The van der Waals surface area contributed by atoms with Gasteiger partial charge in [0.2, 0.25) is 5.91 Å². The molecule has 176 valence electrons. The molecule has 7 heteroatoms. The minimum atomic E-state index is 0.156. The molecule has 0 spiro atoms. The molecular weight excluding hydrogens is 402 g/mol. The van der Waals surface area contributed by atoms with Gasteiger partial charge in [-0.25, -0.2) is 0 Å². The molecule has 0 bridgehead atoms. The molecule has 3 saturated heterocycles. The smallest absolute Gasteiger partial charge is 0.236 e. The van der Waals surface area contributed by atoms with Crippen LogP contribution in [0.15, 0.2) is 35.3 Å². The van der Waals surface area contributed by atoms with Crippen LogP contribution in [0.3, 0.4) is 0 Å². The van der Waals surface area contributed by atoms with Gasteiger partial charge in [0, 0.05) is 65.4 Å². The lowest BCUT2D eigenvalue weighted by atomic mass is 9.95. The fraction of sp³-hybridized carbons (Fsp3) is 0.680. The monoisotopic (exact) mass is 441 g/mol. The highest BCUT2D eigenvalue weighted by Gasteiger charge is 2.30. The fourth-order valence-corrected chi connectivity index (χ4v) is 5.14. The normalized spacial score (nSPS) is 25.6. The van der Waals surface area contributed by atoms with Crippen molar-refractivity contribution in [1.82, 2.24) is 20.0 Å². The Hall–Kier alpha value is -2.12. The van der Waals surface area contributed by atoms with E-state index in [0.29, 0.717) is 18.4 Å². The lowest BCUT2D eigenvalue weighted by molar-refractivity contribution is -0.132. The van der Waals surface area contributed by atoms with Crippen molar-refractivity contribution in [3.63, 3.8) is 0 Å². The number of hydrogen-bond donors (Lipinski definition) is 1. The fourth-order valence-electron chi connectivity index (χ4n) is 5.14. The van der Waals surface area contributed by atoms with Gasteiger partial charge in [0.1, 0.15) is 0 Å². The predicted molar refractivity (Wildman–Crippen MR) is 128 cm³/mol. The molecule has 0 aromatic heterocycles. The molecule has 3 fully saturated rings. The number of nitrogens with one attached hydrogen (secondary N) is 1. The highest BCUT2D eigenvalue weighted by molar-refractivity contribution is 5.80. The maximum Gasteiger partial charge on any atom is 0.236 e. The third kappa shape index (κ3) is 6.01. The number of ether oxygens (including phenoxy) is 1. The average molecular weight is 442 g/mol. The first kappa shape index (κ1) is 23.1. The summed E-state index contributed by atoms with van der Waals surface area (Å²) in [7, 11) is 1.86. The third-order valence-electron chi connectivity index (χ3n) is 7.07. The summed E-state index contributed by atoms with van der Waals surface area (Å²) in [5, 5.41) is 3.60. The first-order valence-electron chi connectivity index (χ1n) is 12.4. The number of carbonyl (C=O) groups excluding carboxylic acids is 1. The number of aliphatic imine (C=N–C) groups is 1. The molecule has 32 heavy (non-hydrogen) atoms. The Morgan fingerprint density at radius 3 is 2.41 bits per heavy atom. The van der Waals surface area contributed by atoms with Crippen molar-refractivity contribution in [2.24, 2.45) is 10.9 Å². The van der Waals surface area contributed by atoms with Crippen molar-refractivity contribution in [3.05, 3.63) is 35.9 Å². The van der Waals surface area contributed by atoms with Gasteiger partial charge in [-0.2, -0.15) is 0 Å². The van der Waals surface area contributed by atoms with Crippen LogP contribution in [0.4, 0.5) is 0 Å². The van der Waals surface area contributed by atoms with Crippen LogP contribution in [-0.4, -0.2) is 92.6 Å². The molecule has 0 saturated carbocycles. The van der Waals surface area contributed by atoms with Crippen molar-refractivity contribution in [2.45, 2.75) is 38.2 Å². The quantitative estimate of drug-likeness (QED) is 0.562. The zero-order valence-corrected chi connectivity index (χ0v) is 19.5. The Morgan fingerprint density at radius 2 is 1.72 bits per heavy atom. The van der Waals surface area contributed by atoms with E-state index in [2.05, 4.69) is 55.3 Å². The second-order valence-corrected chi connectivity index (χ2v) is 9.24. The lowest BCUT2D eigenvalue weighted by Gasteiger charge is -2.37. The van der Waals surface area contributed by atoms with Gasteiger partial charge >= 0.3 is 0 Å². The summed E-state index contributed by atoms with van der Waals surface area (Å²) >= 11 is 0. The van der Waals surface area contributed by atoms with Gasteiger partial charge in [0.15, 0.2) is 5.96 Å². The van der Waals surface area contributed by atoms with Crippen LogP contribution < -0.4 is 5.32 Å². The van der Waals surface area contributed by atoms with Crippen molar-refractivity contribution >= 4 is 11.9 Å². The largest absolute Gasteiger partial charge is 0.373 e. The molecule has 1 amide bonds. The number of carbonyl (C=O) groups is 1. The summed E-state index contributed by atoms with van der Waals surface area (Å²) in [6.45, 7) is 7.70. The Balaban J connectivity index is 1.22. The maximum atomic E-state index is 12.7. The minimum absolute atomic E-state index is 0.156. The minimum Gasteiger partial charge on any atom is -0.373 e. The van der Waals surface area contributed by atoms with E-state index in [9.17, 15) is 4.79 Å². The second kappa shape index (κ2) is 11.7. The number of likely N-dealkylation sites (tertiary alicyclic amines) is 1. The van der Waals surface area contributed by atoms with Crippen molar-refractivity contribution < 1.29 is 9.53 Å². The van der Waals surface area contributed by atoms with E-state index >= 15 is 0 Å². The van der Waals surface area contributed by atoms with Gasteiger partial charge in [-0.3, -0.25) is 14.7 Å². The molecule has 3 aliphatic heterocycles. The molecule has 1 N–H and O–H groups in total. The molecule has 0 radical (unpaired) electrons. The summed E-state index contributed by atoms with van der Waals surface area (Å²) in [5.74, 6) is 1.71. The van der Waals surface area contributed by atoms with E-state index in [-0.39, 0.29) is 6.10 Å². The molecule has 4 rings (SSSR count). The van der Waals surface area contributed by atoms with Gasteiger partial charge < -0.3 is 19.9 Å². The number of amides is 1. The van der Waals surface area contributed by atoms with Crippen molar-refractivity contribution in [1.29, 1.82) is 0 Å². The second-order valence-electron chi connectivity index (χ2n) is 9.24. The number of guanidine groups is 1. The first-order valence-corrected chi connectivity index (χ1v) is 12.4. The van der Waals surface area contributed by atoms with E-state index < -0.39 is 0 Å². The van der Waals surface area contributed by atoms with Crippen molar-refractivity contribution in [2.75, 3.05) is 66.0 Å². The van der Waals surface area contributed by atoms with Gasteiger partial charge in [-0.1, -0.05) is 43.2 Å². The van der Waals surface area contributed by atoms with Gasteiger partial charge in [0.05, 0.1) is 12.6 Å². The zero-order valence-electron chi connectivity index (χ0n) is 19.5. The maximum absolute atomic E-state index is 12.7. The summed E-state index contributed by atoms with van der Waals surface area (Å²) in [5.41, 5.74) is 1.26. The SMILES string of the molecule is CN=C(NCC1CCOC1c1ccccc1)N1CCN(CC(=O)N2CCCCCC2)CC1. The average Bonchev–Trinajstić information content (AvgIpc) is 3.13. The molecule has 7 nitrogen and oxygen atoms in total. The van der Waals surface area contributed by atoms with Crippen LogP contribution >= 0.6 is 0 Å². The Morgan fingerprint density at radius 1 is 1.00 bits per heavy atom. The molecule has 3 heterocycles. The topological polar surface area (TPSA) is 60.4 Å². The third-order valence-corrected chi connectivity index (χ3v) is 7.07. The number of hydrogen-bond acceptors (Lipinski definition) is 4. The van der Waals surface area contributed by atoms with Gasteiger partial charge in [-0.05, 0) is 24.8 Å². The summed E-state index contributed by atoms with van der Waals surface area (Å²) in [4.78, 5) is 23.9. The van der Waals surface area contributed by atoms with E-state index in [1.54, 1.807) is 0 Å². The van der Waals surface area contributed by atoms with E-state index in [4.69, 9.17) is 4.74 Å². The van der Waals surface area contributed by atoms with Crippen LogP contribution in [0, 0.1) is 5.92 Å². The van der Waals surface area contributed by atoms with Crippen LogP contribution in [0.1, 0.15) is 43.8 Å². The molecule has 2 atom stereocenters. The summed E-state index contributed by atoms with van der Waals surface area (Å²) in [6, 6.07) is 10.5. The van der Waals surface area contributed by atoms with Crippen molar-refractivity contribution in [3.8, 4) is 0 Å². The van der Waals surface area contributed by atoms with Crippen LogP contribution in [0.5, 0.6) is 0 Å². The van der Waals surface area contributed by atoms with Crippen LogP contribution in [0.25, 0.3) is 0 Å². The number of piperazine rings is 1. The molecule has 1 aromatic rings. The molecule has 3 aliphatic rings. The Kier molecular flexibility index (Phi) is 8.40. The standard InChI is InChI=1S/C25H39N5O2/c1-26-25(27-19-22-11-18-32-24(22)21-9-5-4-6-10-21)30-16-14-28(15-17-30)20-23(31)29-12-7-2-3-8-13-29/h4-6,9-10,22,24H,2-3,7-8,11-20H2,1H3,(H,26,27). The van der Waals surface area contributed by atoms with E-state index in [0.717, 1.165) is 77.6 Å². The molecule has 2 unspecified atom stereocenters. The highest BCUT2D eigenvalue weighted by Crippen LogP contribution is 2.33. The molecule has 1 aromatic carbocycles. The zero-order chi connectivity index (χ0) is 22.2. The lowest BCUT2D eigenvalue weighted by Crippen LogP contribution is -2.54. The number of nitrogens with zero attached hydrogens (tertiary/aromatic N) is 4. The number of benzene rings is 1. The Labute approximate surface area is 192 Å². The Bertz CT molecular complexity index is 740. The summed E-state index contributed by atoms with van der Waals surface area (Å²) < 4.78 is 6.04. The first-order chi connectivity index (χ1) is 15.7. The van der Waals surface area contributed by atoms with Gasteiger partial charge in [0.25, 0.3) is 0 Å². The van der Waals surface area contributed by atoms with E-state index in [1.807, 2.05) is 7.05 Å². The molecule has 0 aliphatic carbocycles. The van der Waals surface area contributed by atoms with Crippen LogP contribution in [-0.2, 0) is 9.53 Å². The van der Waals surface area contributed by atoms with Gasteiger partial charge in [-0.15, -0.1) is 0 Å². The van der Waals surface area contributed by atoms with E-state index in [1.165, 1.54) is 18.4 Å².